The van der Waals surface area contributed by atoms with Crippen LogP contribution in [0.25, 0.3) is 90.9 Å². The van der Waals surface area contributed by atoms with Crippen LogP contribution >= 0.6 is 0 Å². The van der Waals surface area contributed by atoms with Crippen molar-refractivity contribution in [3.8, 4) is 44.5 Å². The van der Waals surface area contributed by atoms with E-state index in [0.717, 1.165) is 0 Å². The number of nitrogens with one attached hydrogen (secondary N) is 2. The first-order chi connectivity index (χ1) is 29.0. The molecule has 8 bridgehead atoms. The molecule has 6 N–H and O–H groups in total. The van der Waals surface area contributed by atoms with Gasteiger partial charge >= 0.3 is 40.9 Å². The van der Waals surface area contributed by atoms with Crippen LogP contribution in [0.2, 0.25) is 0 Å². The number of rotatable bonds is 8. The van der Waals surface area contributed by atoms with E-state index in [-0.39, 0.29) is 39.3 Å². The van der Waals surface area contributed by atoms with Gasteiger partial charge in [0.15, 0.2) is 0 Å². The molecule has 1 radical (unpaired) electrons. The molecule has 12 nitrogen and oxygen atoms in total. The fraction of sp³-hybridized carbons (Fsp3) is 0. The Bertz CT molecular complexity index is 3030. The maximum Gasteiger partial charge on any atom is 3.00 e. The van der Waals surface area contributed by atoms with Crippen LogP contribution in [0, 0.1) is 0 Å². The van der Waals surface area contributed by atoms with E-state index in [1.807, 2.05) is 48.6 Å². The SMILES string of the molecule is O=C(O)c1ccc(-c2c3nc(c(-c4ccc(C(=O)O)cc4)c4ccc([nH]4)c(-c4ccc(C(=O)O)cc4)c4ccc([nH]4)c(-c4ccc(C(=O)O)cc4)c4nc2C=C4)C=C3)cc1.[Fe+3]. The van der Waals surface area contributed by atoms with E-state index < -0.39 is 23.9 Å². The van der Waals surface area contributed by atoms with Gasteiger partial charge in [-0.05, 0) is 119 Å². The Kier molecular flexibility index (Phi) is 10.4. The van der Waals surface area contributed by atoms with E-state index in [2.05, 4.69) is 9.97 Å². The second kappa shape index (κ2) is 15.9. The number of aromatic amines is 2. The molecule has 0 unspecified atom stereocenters. The average molecular weight is 847 g/mol. The van der Waals surface area contributed by atoms with Gasteiger partial charge in [0.2, 0.25) is 0 Å². The first kappa shape index (κ1) is 39.7. The third-order valence-electron chi connectivity index (χ3n) is 10.4. The molecule has 2 aliphatic rings. The maximum absolute atomic E-state index is 11.8. The minimum atomic E-state index is -1.07. The molecule has 0 aliphatic carbocycles. The molecule has 4 aromatic carbocycles. The van der Waals surface area contributed by atoms with Crippen molar-refractivity contribution in [2.24, 2.45) is 0 Å². The molecular formula is C48H30FeN4O8+3. The van der Waals surface area contributed by atoms with Crippen LogP contribution in [0.3, 0.4) is 0 Å². The van der Waals surface area contributed by atoms with Crippen molar-refractivity contribution in [1.82, 2.24) is 19.9 Å². The smallest absolute Gasteiger partial charge is 0.478 e. The third-order valence-corrected chi connectivity index (χ3v) is 10.4. The molecule has 2 aliphatic heterocycles. The Hall–Kier alpha value is -8.12. The molecule has 0 fully saturated rings. The summed E-state index contributed by atoms with van der Waals surface area (Å²) in [6.45, 7) is 0. The molecule has 13 heteroatoms. The van der Waals surface area contributed by atoms with Crippen molar-refractivity contribution in [2.75, 3.05) is 0 Å². The summed E-state index contributed by atoms with van der Waals surface area (Å²) in [6.07, 6.45) is 7.42. The van der Waals surface area contributed by atoms with E-state index in [9.17, 15) is 39.6 Å². The fourth-order valence-corrected chi connectivity index (χ4v) is 7.54. The Labute approximate surface area is 356 Å². The molecular weight excluding hydrogens is 816 g/mol. The zero-order chi connectivity index (χ0) is 41.7. The normalized spacial score (nSPS) is 11.5. The van der Waals surface area contributed by atoms with Gasteiger partial charge in [-0.15, -0.1) is 0 Å². The number of carbonyl (C=O) groups is 4. The van der Waals surface area contributed by atoms with Gasteiger partial charge < -0.3 is 30.4 Å². The molecule has 0 atom stereocenters. The van der Waals surface area contributed by atoms with Gasteiger partial charge in [0.05, 0.1) is 45.0 Å². The van der Waals surface area contributed by atoms with E-state index in [4.69, 9.17) is 9.97 Å². The summed E-state index contributed by atoms with van der Waals surface area (Å²) < 4.78 is 0. The number of carboxylic acid groups (broad SMARTS) is 4. The molecule has 0 amide bonds. The van der Waals surface area contributed by atoms with Gasteiger partial charge in [-0.25, -0.2) is 29.1 Å². The molecule has 61 heavy (non-hydrogen) atoms. The largest absolute Gasteiger partial charge is 3.00 e. The van der Waals surface area contributed by atoms with Crippen LogP contribution in [0.4, 0.5) is 0 Å². The Balaban J connectivity index is 0.00000514. The number of fused-ring (bicyclic) bond motifs is 8. The van der Waals surface area contributed by atoms with E-state index in [1.54, 1.807) is 48.5 Å². The zero-order valence-corrected chi connectivity index (χ0v) is 32.6. The van der Waals surface area contributed by atoms with E-state index in [1.165, 1.54) is 48.5 Å². The Morgan fingerprint density at radius 2 is 0.557 bits per heavy atom. The molecule has 0 saturated heterocycles. The zero-order valence-electron chi connectivity index (χ0n) is 31.5. The van der Waals surface area contributed by atoms with Crippen molar-refractivity contribution in [3.05, 3.63) is 166 Å². The second-order valence-corrected chi connectivity index (χ2v) is 14.0. The number of benzene rings is 4. The minimum absolute atomic E-state index is 0. The predicted molar refractivity (Wildman–Crippen MR) is 228 cm³/mol. The summed E-state index contributed by atoms with van der Waals surface area (Å²) in [5, 5.41) is 38.7. The van der Waals surface area contributed by atoms with E-state index in [0.29, 0.717) is 89.4 Å². The molecule has 0 spiro atoms. The quantitative estimate of drug-likeness (QED) is 0.0798. The minimum Gasteiger partial charge on any atom is -0.478 e. The number of hydrogen-bond donors (Lipinski definition) is 6. The first-order valence-corrected chi connectivity index (χ1v) is 18.5. The van der Waals surface area contributed by atoms with Crippen LogP contribution in [0.5, 0.6) is 0 Å². The molecule has 7 aromatic rings. The standard InChI is InChI=1S/C48H30N4O8.Fe/c53-45(54)29-9-1-25(2-10-29)41-33-17-19-35(49-33)42(26-3-11-30(12-4-26)46(55)56)37-21-23-39(51-37)44(28-7-15-32(16-8-28)48(59)60)40-24-22-38(52-40)43(36-20-18-34(41)50-36)27-5-13-31(14-6-27)47(57)58;/h1-24,49-50H,(H,53,54)(H,55,56)(H,57,58)(H,59,60);/q;+3. The van der Waals surface area contributed by atoms with Crippen molar-refractivity contribution in [1.29, 1.82) is 0 Å². The average Bonchev–Trinajstić information content (AvgIpc) is 4.10. The number of carboxylic acids is 4. The number of aromatic nitrogens is 4. The van der Waals surface area contributed by atoms with Gasteiger partial charge in [0.25, 0.3) is 0 Å². The molecule has 295 valence electrons. The van der Waals surface area contributed by atoms with Crippen molar-refractivity contribution in [3.63, 3.8) is 0 Å². The summed E-state index contributed by atoms with van der Waals surface area (Å²) in [7, 11) is 0. The summed E-state index contributed by atoms with van der Waals surface area (Å²) >= 11 is 0. The van der Waals surface area contributed by atoms with Crippen molar-refractivity contribution >= 4 is 70.2 Å². The summed E-state index contributed by atoms with van der Waals surface area (Å²) in [5.74, 6) is -4.25. The van der Waals surface area contributed by atoms with Gasteiger partial charge in [-0.2, -0.15) is 0 Å². The molecule has 3 aromatic heterocycles. The summed E-state index contributed by atoms with van der Waals surface area (Å²) in [4.78, 5) is 64.8. The van der Waals surface area contributed by atoms with Crippen molar-refractivity contribution < 1.29 is 56.7 Å². The second-order valence-electron chi connectivity index (χ2n) is 14.0. The number of nitrogens with zero attached hydrogens (tertiary/aromatic N) is 2. The van der Waals surface area contributed by atoms with Crippen LogP contribution in [-0.4, -0.2) is 64.2 Å². The Morgan fingerprint density at radius 3 is 0.836 bits per heavy atom. The van der Waals surface area contributed by atoms with Crippen LogP contribution in [-0.2, 0) is 17.1 Å². The van der Waals surface area contributed by atoms with E-state index >= 15 is 0 Å². The van der Waals surface area contributed by atoms with Gasteiger partial charge in [0, 0.05) is 44.3 Å². The topological polar surface area (TPSA) is 207 Å². The van der Waals surface area contributed by atoms with Crippen LogP contribution < -0.4 is 0 Å². The summed E-state index contributed by atoms with van der Waals surface area (Å²) in [5.41, 5.74) is 10.7. The number of aromatic carboxylic acids is 4. The van der Waals surface area contributed by atoms with Crippen molar-refractivity contribution in [2.45, 2.75) is 0 Å². The van der Waals surface area contributed by atoms with Gasteiger partial charge in [-0.1, -0.05) is 48.5 Å². The fourth-order valence-electron chi connectivity index (χ4n) is 7.54. The summed E-state index contributed by atoms with van der Waals surface area (Å²) in [6, 6.07) is 33.6. The van der Waals surface area contributed by atoms with Crippen LogP contribution in [0.1, 0.15) is 64.2 Å². The maximum atomic E-state index is 11.8. The number of H-pyrrole nitrogens is 2. The number of hydrogen-bond acceptors (Lipinski definition) is 6. The monoisotopic (exact) mass is 846 g/mol. The van der Waals surface area contributed by atoms with Gasteiger partial charge in [-0.3, -0.25) is 0 Å². The molecule has 9 rings (SSSR count). The van der Waals surface area contributed by atoms with Crippen LogP contribution in [0.15, 0.2) is 121 Å². The Morgan fingerprint density at radius 1 is 0.328 bits per heavy atom. The first-order valence-electron chi connectivity index (χ1n) is 18.5. The molecule has 0 saturated carbocycles. The third kappa shape index (κ3) is 7.42. The van der Waals surface area contributed by atoms with Gasteiger partial charge in [0.1, 0.15) is 0 Å². The molecule has 5 heterocycles. The predicted octanol–water partition coefficient (Wildman–Crippen LogP) is 10.1.